The van der Waals surface area contributed by atoms with E-state index in [1.54, 1.807) is 18.2 Å². The fourth-order valence-electron chi connectivity index (χ4n) is 2.60. The van der Waals surface area contributed by atoms with Crippen molar-refractivity contribution in [2.24, 2.45) is 11.3 Å². The molecule has 20 heavy (non-hydrogen) atoms. The van der Waals surface area contributed by atoms with Crippen LogP contribution in [-0.4, -0.2) is 19.0 Å². The van der Waals surface area contributed by atoms with Gasteiger partial charge in [-0.3, -0.25) is 4.79 Å². The number of carbonyl (C=O) groups is 1. The zero-order valence-corrected chi connectivity index (χ0v) is 12.4. The Labute approximate surface area is 124 Å². The Balaban J connectivity index is 2.21. The third-order valence-electron chi connectivity index (χ3n) is 4.09. The van der Waals surface area contributed by atoms with Gasteiger partial charge in [-0.15, -0.1) is 0 Å². The van der Waals surface area contributed by atoms with Crippen molar-refractivity contribution in [3.05, 3.63) is 28.8 Å². The molecule has 0 radical (unpaired) electrons. The Bertz CT molecular complexity index is 557. The monoisotopic (exact) mass is 291 g/mol. The molecule has 0 aliphatic carbocycles. The predicted octanol–water partition coefficient (Wildman–Crippen LogP) is 2.79. The highest BCUT2D eigenvalue weighted by atomic mass is 35.5. The normalized spacial score (nSPS) is 21.8. The number of amides is 1. The molecular weight excluding hydrogens is 274 g/mol. The van der Waals surface area contributed by atoms with Crippen LogP contribution < -0.4 is 10.6 Å². The zero-order valence-electron chi connectivity index (χ0n) is 11.7. The van der Waals surface area contributed by atoms with Crippen molar-refractivity contribution in [2.75, 3.05) is 18.4 Å². The van der Waals surface area contributed by atoms with Crippen LogP contribution >= 0.6 is 11.6 Å². The van der Waals surface area contributed by atoms with E-state index in [2.05, 4.69) is 24.5 Å². The van der Waals surface area contributed by atoms with Gasteiger partial charge in [0.1, 0.15) is 6.07 Å². The lowest BCUT2D eigenvalue weighted by Crippen LogP contribution is -2.42. The Kier molecular flexibility index (Phi) is 4.32. The van der Waals surface area contributed by atoms with Crippen LogP contribution in [0.5, 0.6) is 0 Å². The number of hydrogen-bond donors (Lipinski definition) is 2. The second kappa shape index (κ2) is 5.82. The molecule has 1 aromatic carbocycles. The van der Waals surface area contributed by atoms with Crippen LogP contribution in [0.4, 0.5) is 5.69 Å². The van der Waals surface area contributed by atoms with Gasteiger partial charge in [0, 0.05) is 12.2 Å². The van der Waals surface area contributed by atoms with Crippen molar-refractivity contribution in [1.82, 2.24) is 5.32 Å². The minimum absolute atomic E-state index is 0.00344. The minimum Gasteiger partial charge on any atom is -0.326 e. The maximum atomic E-state index is 12.6. The third-order valence-corrected chi connectivity index (χ3v) is 4.42. The van der Waals surface area contributed by atoms with Gasteiger partial charge < -0.3 is 10.6 Å². The molecule has 0 saturated carbocycles. The fraction of sp³-hybridized carbons (Fsp3) is 0.467. The van der Waals surface area contributed by atoms with Gasteiger partial charge >= 0.3 is 0 Å². The highest BCUT2D eigenvalue weighted by molar-refractivity contribution is 6.31. The maximum absolute atomic E-state index is 12.6. The minimum atomic E-state index is -0.382. The van der Waals surface area contributed by atoms with Crippen LogP contribution in [0.15, 0.2) is 18.2 Å². The van der Waals surface area contributed by atoms with Gasteiger partial charge in [0.25, 0.3) is 0 Å². The van der Waals surface area contributed by atoms with E-state index in [4.69, 9.17) is 16.9 Å². The quantitative estimate of drug-likeness (QED) is 0.900. The molecule has 1 heterocycles. The number of rotatable bonds is 3. The van der Waals surface area contributed by atoms with E-state index >= 15 is 0 Å². The Morgan fingerprint density at radius 3 is 2.85 bits per heavy atom. The first-order valence-corrected chi connectivity index (χ1v) is 7.09. The van der Waals surface area contributed by atoms with Crippen LogP contribution in [0.25, 0.3) is 0 Å². The standard InChI is InChI=1S/C15H18ClN3O/c1-10(2)15(5-6-18-9-15)14(20)19-12-3-4-13(16)11(7-12)8-17/h3-4,7,10,18H,5-6,9H2,1-2H3,(H,19,20). The van der Waals surface area contributed by atoms with E-state index in [9.17, 15) is 4.79 Å². The molecule has 2 rings (SSSR count). The van der Waals surface area contributed by atoms with Crippen LogP contribution in [0.3, 0.4) is 0 Å². The summed E-state index contributed by atoms with van der Waals surface area (Å²) in [5, 5.41) is 15.5. The number of hydrogen-bond acceptors (Lipinski definition) is 3. The molecule has 1 aliphatic rings. The smallest absolute Gasteiger partial charge is 0.232 e. The summed E-state index contributed by atoms with van der Waals surface area (Å²) in [6, 6.07) is 6.97. The fourth-order valence-corrected chi connectivity index (χ4v) is 2.76. The first-order valence-electron chi connectivity index (χ1n) is 6.71. The Morgan fingerprint density at radius 2 is 2.30 bits per heavy atom. The van der Waals surface area contributed by atoms with Gasteiger partial charge in [-0.05, 0) is 37.1 Å². The SMILES string of the molecule is CC(C)C1(C(=O)Nc2ccc(Cl)c(C#N)c2)CCNC1. The molecular formula is C15H18ClN3O. The molecule has 1 aliphatic heterocycles. The summed E-state index contributed by atoms with van der Waals surface area (Å²) in [6.45, 7) is 5.68. The van der Waals surface area contributed by atoms with Gasteiger partial charge in [-0.2, -0.15) is 5.26 Å². The Hall–Kier alpha value is -1.57. The van der Waals surface area contributed by atoms with Gasteiger partial charge in [-0.1, -0.05) is 25.4 Å². The molecule has 5 heteroatoms. The van der Waals surface area contributed by atoms with Crippen molar-refractivity contribution < 1.29 is 4.79 Å². The van der Waals surface area contributed by atoms with Crippen LogP contribution in [0.2, 0.25) is 5.02 Å². The van der Waals surface area contributed by atoms with E-state index < -0.39 is 0 Å². The molecule has 0 bridgehead atoms. The average Bonchev–Trinajstić information content (AvgIpc) is 2.91. The lowest BCUT2D eigenvalue weighted by molar-refractivity contribution is -0.126. The number of carbonyl (C=O) groups excluding carboxylic acids is 1. The van der Waals surface area contributed by atoms with E-state index in [1.165, 1.54) is 0 Å². The van der Waals surface area contributed by atoms with Crippen molar-refractivity contribution in [3.8, 4) is 6.07 Å². The molecule has 0 aromatic heterocycles. The summed E-state index contributed by atoms with van der Waals surface area (Å²) >= 11 is 5.89. The molecule has 1 amide bonds. The number of nitrogens with one attached hydrogen (secondary N) is 2. The second-order valence-corrected chi connectivity index (χ2v) is 5.91. The van der Waals surface area contributed by atoms with E-state index in [0.717, 1.165) is 13.0 Å². The average molecular weight is 292 g/mol. The molecule has 1 aromatic rings. The van der Waals surface area contributed by atoms with Crippen molar-refractivity contribution in [3.63, 3.8) is 0 Å². The summed E-state index contributed by atoms with van der Waals surface area (Å²) in [7, 11) is 0. The highest BCUT2D eigenvalue weighted by Crippen LogP contribution is 2.35. The lowest BCUT2D eigenvalue weighted by Gasteiger charge is -2.31. The second-order valence-electron chi connectivity index (χ2n) is 5.50. The largest absolute Gasteiger partial charge is 0.326 e. The van der Waals surface area contributed by atoms with E-state index in [1.807, 2.05) is 6.07 Å². The van der Waals surface area contributed by atoms with Gasteiger partial charge in [0.2, 0.25) is 5.91 Å². The maximum Gasteiger partial charge on any atom is 0.232 e. The van der Waals surface area contributed by atoms with Gasteiger partial charge in [0.05, 0.1) is 16.0 Å². The molecule has 1 atom stereocenters. The van der Waals surface area contributed by atoms with Crippen molar-refractivity contribution >= 4 is 23.2 Å². The summed E-state index contributed by atoms with van der Waals surface area (Å²) in [5.41, 5.74) is 0.599. The predicted molar refractivity (Wildman–Crippen MR) is 79.6 cm³/mol. The van der Waals surface area contributed by atoms with Crippen LogP contribution in [-0.2, 0) is 4.79 Å². The first-order chi connectivity index (χ1) is 9.49. The zero-order chi connectivity index (χ0) is 14.8. The summed E-state index contributed by atoms with van der Waals surface area (Å²) < 4.78 is 0. The number of anilines is 1. The summed E-state index contributed by atoms with van der Waals surface area (Å²) in [5.74, 6) is 0.254. The van der Waals surface area contributed by atoms with E-state index in [0.29, 0.717) is 22.8 Å². The van der Waals surface area contributed by atoms with Crippen molar-refractivity contribution in [1.29, 1.82) is 5.26 Å². The topological polar surface area (TPSA) is 64.9 Å². The molecule has 106 valence electrons. The van der Waals surface area contributed by atoms with Gasteiger partial charge in [0.15, 0.2) is 0 Å². The molecule has 2 N–H and O–H groups in total. The van der Waals surface area contributed by atoms with Crippen LogP contribution in [0.1, 0.15) is 25.8 Å². The number of nitriles is 1. The molecule has 1 unspecified atom stereocenters. The van der Waals surface area contributed by atoms with E-state index in [-0.39, 0.29) is 17.2 Å². The first kappa shape index (κ1) is 14.8. The molecule has 0 spiro atoms. The van der Waals surface area contributed by atoms with Crippen molar-refractivity contribution in [2.45, 2.75) is 20.3 Å². The van der Waals surface area contributed by atoms with Gasteiger partial charge in [-0.25, -0.2) is 0 Å². The lowest BCUT2D eigenvalue weighted by atomic mass is 9.75. The number of nitrogens with zero attached hydrogens (tertiary/aromatic N) is 1. The molecule has 1 saturated heterocycles. The molecule has 4 nitrogen and oxygen atoms in total. The number of halogens is 1. The molecule has 1 fully saturated rings. The Morgan fingerprint density at radius 1 is 1.55 bits per heavy atom. The van der Waals surface area contributed by atoms with Crippen LogP contribution in [0, 0.1) is 22.7 Å². The highest BCUT2D eigenvalue weighted by Gasteiger charge is 2.43. The number of benzene rings is 1. The summed E-state index contributed by atoms with van der Waals surface area (Å²) in [6.07, 6.45) is 0.829. The third kappa shape index (κ3) is 2.65. The summed E-state index contributed by atoms with van der Waals surface area (Å²) in [4.78, 5) is 12.6.